The minimum absolute atomic E-state index is 0.0719. The Bertz CT molecular complexity index is 1010. The van der Waals surface area contributed by atoms with Crippen LogP contribution in [0.15, 0.2) is 61.2 Å². The predicted octanol–water partition coefficient (Wildman–Crippen LogP) is 5.87. The molecule has 2 aromatic carbocycles. The number of hydrogen-bond acceptors (Lipinski definition) is 3. The fraction of sp³-hybridized carbons (Fsp3) is 0.516. The maximum absolute atomic E-state index is 12.9. The number of carbonyl (C=O) groups is 1. The number of aryl methyl sites for hydroxylation is 1. The molecular formula is C31H41N3O. The third-order valence-electron chi connectivity index (χ3n) is 8.46. The van der Waals surface area contributed by atoms with Gasteiger partial charge in [0.2, 0.25) is 0 Å². The molecule has 3 atom stereocenters. The summed E-state index contributed by atoms with van der Waals surface area (Å²) in [5, 5.41) is 3.27. The summed E-state index contributed by atoms with van der Waals surface area (Å²) in [6, 6.07) is 19.2. The number of hydrogen-bond donors (Lipinski definition) is 1. The topological polar surface area (TPSA) is 35.6 Å². The first kappa shape index (κ1) is 24.3. The molecule has 3 unspecified atom stereocenters. The second kappa shape index (κ2) is 11.1. The molecule has 1 amide bonds. The van der Waals surface area contributed by atoms with Crippen LogP contribution in [0.1, 0.15) is 84.5 Å². The van der Waals surface area contributed by atoms with Crippen molar-refractivity contribution in [3.8, 4) is 0 Å². The Morgan fingerprint density at radius 3 is 2.51 bits per heavy atom. The van der Waals surface area contributed by atoms with E-state index in [0.29, 0.717) is 18.1 Å². The van der Waals surface area contributed by atoms with Gasteiger partial charge < -0.3 is 5.32 Å². The highest BCUT2D eigenvalue weighted by Crippen LogP contribution is 2.36. The smallest absolute Gasteiger partial charge is 0.251 e. The van der Waals surface area contributed by atoms with Gasteiger partial charge in [-0.15, -0.1) is 6.58 Å². The molecule has 4 nitrogen and oxygen atoms in total. The van der Waals surface area contributed by atoms with Gasteiger partial charge in [0.15, 0.2) is 0 Å². The van der Waals surface area contributed by atoms with Gasteiger partial charge in [-0.2, -0.15) is 0 Å². The number of amides is 1. The lowest BCUT2D eigenvalue weighted by molar-refractivity contribution is 0.0927. The lowest BCUT2D eigenvalue weighted by Crippen LogP contribution is -2.40. The summed E-state index contributed by atoms with van der Waals surface area (Å²) in [5.74, 6) is 0.0719. The van der Waals surface area contributed by atoms with Crippen LogP contribution in [0.25, 0.3) is 0 Å². The van der Waals surface area contributed by atoms with Crippen molar-refractivity contribution < 1.29 is 4.79 Å². The van der Waals surface area contributed by atoms with E-state index >= 15 is 0 Å². The summed E-state index contributed by atoms with van der Waals surface area (Å²) in [5.41, 5.74) is 4.69. The number of fused-ring (bicyclic) bond motifs is 2. The molecule has 1 saturated carbocycles. The first-order valence-electron chi connectivity index (χ1n) is 13.7. The molecule has 0 aromatic heterocycles. The zero-order valence-electron chi connectivity index (χ0n) is 21.3. The third-order valence-corrected chi connectivity index (χ3v) is 8.46. The summed E-state index contributed by atoms with van der Waals surface area (Å²) >= 11 is 0. The minimum atomic E-state index is 0.0719. The van der Waals surface area contributed by atoms with Crippen molar-refractivity contribution in [3.63, 3.8) is 0 Å². The van der Waals surface area contributed by atoms with Gasteiger partial charge in [-0.1, -0.05) is 67.3 Å². The van der Waals surface area contributed by atoms with E-state index in [2.05, 4.69) is 71.1 Å². The second-order valence-electron chi connectivity index (χ2n) is 10.9. The Morgan fingerprint density at radius 1 is 1.00 bits per heavy atom. The van der Waals surface area contributed by atoms with Crippen molar-refractivity contribution in [2.24, 2.45) is 0 Å². The Balaban J connectivity index is 1.39. The molecule has 0 spiro atoms. The molecule has 0 radical (unpaired) electrons. The van der Waals surface area contributed by atoms with E-state index in [1.54, 1.807) is 0 Å². The molecule has 3 fully saturated rings. The van der Waals surface area contributed by atoms with Crippen molar-refractivity contribution >= 4 is 5.91 Å². The molecule has 2 heterocycles. The van der Waals surface area contributed by atoms with Gasteiger partial charge >= 0.3 is 0 Å². The first-order chi connectivity index (χ1) is 17.1. The Kier molecular flexibility index (Phi) is 7.69. The van der Waals surface area contributed by atoms with Crippen LogP contribution in [0.5, 0.6) is 0 Å². The number of carbonyl (C=O) groups excluding carboxylic acids is 1. The van der Waals surface area contributed by atoms with Crippen LogP contribution in [-0.2, 0) is 0 Å². The molecule has 1 aliphatic carbocycles. The summed E-state index contributed by atoms with van der Waals surface area (Å²) in [6.07, 6.45) is 11.8. The standard InChI is InChI=1S/C31H41N3O/c1-3-19-34-28-16-17-29(34)22-33(20-18-28)30(26-9-7-8-23(2)21-26)24-12-14-25(15-13-24)31(35)32-27-10-5-4-6-11-27/h3,7-9,12-15,21,27-30H,1,4-6,10-11,16-20,22H2,2H3,(H,32,35). The highest BCUT2D eigenvalue weighted by Gasteiger charge is 2.38. The van der Waals surface area contributed by atoms with E-state index in [1.165, 1.54) is 55.2 Å². The summed E-state index contributed by atoms with van der Waals surface area (Å²) < 4.78 is 0. The highest BCUT2D eigenvalue weighted by atomic mass is 16.1. The molecule has 2 aliphatic heterocycles. The predicted molar refractivity (Wildman–Crippen MR) is 144 cm³/mol. The van der Waals surface area contributed by atoms with E-state index in [-0.39, 0.29) is 11.9 Å². The summed E-state index contributed by atoms with van der Waals surface area (Å²) in [7, 11) is 0. The Morgan fingerprint density at radius 2 is 1.77 bits per heavy atom. The monoisotopic (exact) mass is 471 g/mol. The molecule has 2 bridgehead atoms. The zero-order chi connectivity index (χ0) is 24.2. The lowest BCUT2D eigenvalue weighted by Gasteiger charge is -2.34. The number of rotatable bonds is 7. The number of nitrogens with one attached hydrogen (secondary N) is 1. The van der Waals surface area contributed by atoms with E-state index in [1.807, 2.05) is 12.1 Å². The maximum atomic E-state index is 12.9. The van der Waals surface area contributed by atoms with Crippen LogP contribution in [0.4, 0.5) is 0 Å². The zero-order valence-corrected chi connectivity index (χ0v) is 21.3. The number of benzene rings is 2. The van der Waals surface area contributed by atoms with Crippen LogP contribution >= 0.6 is 0 Å². The Labute approximate surface area is 211 Å². The van der Waals surface area contributed by atoms with Crippen LogP contribution in [-0.4, -0.2) is 53.5 Å². The van der Waals surface area contributed by atoms with Crippen LogP contribution < -0.4 is 5.32 Å². The van der Waals surface area contributed by atoms with Gasteiger partial charge in [0.25, 0.3) is 5.91 Å². The molecule has 2 saturated heterocycles. The van der Waals surface area contributed by atoms with Crippen LogP contribution in [0.3, 0.4) is 0 Å². The lowest BCUT2D eigenvalue weighted by atomic mass is 9.93. The van der Waals surface area contributed by atoms with Gasteiger partial charge in [-0.25, -0.2) is 0 Å². The largest absolute Gasteiger partial charge is 0.349 e. The average Bonchev–Trinajstić information content (AvgIpc) is 3.15. The van der Waals surface area contributed by atoms with Gasteiger partial charge in [0.05, 0.1) is 6.04 Å². The van der Waals surface area contributed by atoms with E-state index in [4.69, 9.17) is 0 Å². The molecule has 2 aromatic rings. The van der Waals surface area contributed by atoms with Crippen molar-refractivity contribution in [1.82, 2.24) is 15.1 Å². The molecule has 186 valence electrons. The van der Waals surface area contributed by atoms with Crippen LogP contribution in [0.2, 0.25) is 0 Å². The SMILES string of the molecule is C=CCN1C2CCC1CN(C(c1ccc(C(=O)NC3CCCCC3)cc1)c1cccc(C)c1)CC2. The van der Waals surface area contributed by atoms with Crippen molar-refractivity contribution in [1.29, 1.82) is 0 Å². The van der Waals surface area contributed by atoms with Crippen molar-refractivity contribution in [2.75, 3.05) is 19.6 Å². The molecular weight excluding hydrogens is 430 g/mol. The fourth-order valence-corrected chi connectivity index (χ4v) is 6.67. The first-order valence-corrected chi connectivity index (χ1v) is 13.7. The molecule has 1 N–H and O–H groups in total. The van der Waals surface area contributed by atoms with E-state index < -0.39 is 0 Å². The van der Waals surface area contributed by atoms with Gasteiger partial charge in [0, 0.05) is 43.3 Å². The number of nitrogens with zero attached hydrogens (tertiary/aromatic N) is 2. The maximum Gasteiger partial charge on any atom is 0.251 e. The van der Waals surface area contributed by atoms with Gasteiger partial charge in [-0.3, -0.25) is 14.6 Å². The van der Waals surface area contributed by atoms with Crippen molar-refractivity contribution in [2.45, 2.75) is 82.5 Å². The van der Waals surface area contributed by atoms with E-state index in [0.717, 1.165) is 38.0 Å². The Hall–Kier alpha value is -2.43. The van der Waals surface area contributed by atoms with E-state index in [9.17, 15) is 4.79 Å². The molecule has 5 rings (SSSR count). The normalized spacial score (nSPS) is 24.6. The summed E-state index contributed by atoms with van der Waals surface area (Å²) in [6.45, 7) is 9.35. The molecule has 3 aliphatic rings. The minimum Gasteiger partial charge on any atom is -0.349 e. The number of likely N-dealkylation sites (tertiary alicyclic amines) is 1. The van der Waals surface area contributed by atoms with Crippen LogP contribution in [0, 0.1) is 6.92 Å². The fourth-order valence-electron chi connectivity index (χ4n) is 6.67. The van der Waals surface area contributed by atoms with Crippen molar-refractivity contribution in [3.05, 3.63) is 83.4 Å². The molecule has 35 heavy (non-hydrogen) atoms. The molecule has 4 heteroatoms. The second-order valence-corrected chi connectivity index (χ2v) is 10.9. The quantitative estimate of drug-likeness (QED) is 0.513. The third kappa shape index (κ3) is 5.54. The average molecular weight is 472 g/mol. The summed E-state index contributed by atoms with van der Waals surface area (Å²) in [4.78, 5) is 18.3. The van der Waals surface area contributed by atoms with Gasteiger partial charge in [-0.05, 0) is 62.3 Å². The highest BCUT2D eigenvalue weighted by molar-refractivity contribution is 5.94. The van der Waals surface area contributed by atoms with Gasteiger partial charge in [0.1, 0.15) is 0 Å².